The Balaban J connectivity index is 1.96. The summed E-state index contributed by atoms with van der Waals surface area (Å²) in [6.45, 7) is 0. The summed E-state index contributed by atoms with van der Waals surface area (Å²) in [6, 6.07) is 9.82. The van der Waals surface area contributed by atoms with Gasteiger partial charge >= 0.3 is 5.97 Å². The van der Waals surface area contributed by atoms with Gasteiger partial charge in [-0.15, -0.1) is 11.3 Å². The van der Waals surface area contributed by atoms with Crippen molar-refractivity contribution in [3.05, 3.63) is 73.9 Å². The minimum Gasteiger partial charge on any atom is -0.477 e. The maximum atomic E-state index is 14.5. The molecule has 0 unspecified atom stereocenters. The molecule has 4 rings (SSSR count). The van der Waals surface area contributed by atoms with E-state index in [1.54, 1.807) is 12.1 Å². The lowest BCUT2D eigenvalue weighted by molar-refractivity contribution is -0.116. The predicted octanol–water partition coefficient (Wildman–Crippen LogP) is 5.63. The molecule has 1 aliphatic rings. The summed E-state index contributed by atoms with van der Waals surface area (Å²) in [5.41, 5.74) is 1.43. The van der Waals surface area contributed by atoms with Crippen molar-refractivity contribution in [1.29, 1.82) is 0 Å². The first-order valence-electron chi connectivity index (χ1n) is 8.26. The maximum Gasteiger partial charge on any atom is 0.346 e. The number of aromatic carboxylic acids is 1. The average Bonchev–Trinajstić information content (AvgIpc) is 3.03. The number of anilines is 1. The van der Waals surface area contributed by atoms with Gasteiger partial charge < -0.3 is 10.4 Å². The number of carbonyl (C=O) groups is 2. The molecule has 8 heteroatoms. The number of hydrogen-bond acceptors (Lipinski definition) is 3. The van der Waals surface area contributed by atoms with E-state index in [0.29, 0.717) is 31.7 Å². The van der Waals surface area contributed by atoms with Gasteiger partial charge in [0.15, 0.2) is 0 Å². The Hall–Kier alpha value is -2.58. The fraction of sp³-hybridized carbons (Fsp3) is 0.100. The number of amides is 1. The third-order valence-corrected chi connectivity index (χ3v) is 6.35. The molecule has 0 fully saturated rings. The number of hydrogen-bond donors (Lipinski definition) is 2. The van der Waals surface area contributed by atoms with Gasteiger partial charge in [0.1, 0.15) is 16.5 Å². The maximum absolute atomic E-state index is 14.5. The second-order valence-corrected chi connectivity index (χ2v) is 8.30. The molecular formula is C20H12BrF2NO3S. The molecule has 0 saturated carbocycles. The van der Waals surface area contributed by atoms with E-state index in [0.717, 1.165) is 11.3 Å². The van der Waals surface area contributed by atoms with Gasteiger partial charge in [0.25, 0.3) is 0 Å². The van der Waals surface area contributed by atoms with Gasteiger partial charge in [-0.1, -0.05) is 28.1 Å². The highest BCUT2D eigenvalue weighted by atomic mass is 79.9. The van der Waals surface area contributed by atoms with E-state index in [4.69, 9.17) is 0 Å². The van der Waals surface area contributed by atoms with E-state index in [2.05, 4.69) is 21.2 Å². The minimum absolute atomic E-state index is 0.00278. The van der Waals surface area contributed by atoms with Crippen LogP contribution in [-0.2, 0) is 4.79 Å². The summed E-state index contributed by atoms with van der Waals surface area (Å²) >= 11 is 4.31. The zero-order valence-corrected chi connectivity index (χ0v) is 16.5. The molecule has 0 bridgehead atoms. The van der Waals surface area contributed by atoms with Crippen molar-refractivity contribution >= 4 is 44.8 Å². The van der Waals surface area contributed by atoms with Crippen LogP contribution in [-0.4, -0.2) is 17.0 Å². The Morgan fingerprint density at radius 2 is 1.89 bits per heavy atom. The van der Waals surface area contributed by atoms with Gasteiger partial charge in [-0.2, -0.15) is 0 Å². The van der Waals surface area contributed by atoms with E-state index >= 15 is 0 Å². The SMILES string of the molecule is O=C1C[C@@H](c2cc(Br)ccc2F)c2sc(C(=O)O)c(-c3ccc(F)cc3)c2N1. The summed E-state index contributed by atoms with van der Waals surface area (Å²) in [5, 5.41) is 12.4. The molecule has 1 amide bonds. The monoisotopic (exact) mass is 463 g/mol. The van der Waals surface area contributed by atoms with Crippen LogP contribution < -0.4 is 5.32 Å². The summed E-state index contributed by atoms with van der Waals surface area (Å²) in [5.74, 6) is -3.04. The Morgan fingerprint density at radius 1 is 1.18 bits per heavy atom. The highest BCUT2D eigenvalue weighted by Crippen LogP contribution is 2.50. The molecule has 0 radical (unpaired) electrons. The largest absolute Gasteiger partial charge is 0.477 e. The summed E-state index contributed by atoms with van der Waals surface area (Å²) in [7, 11) is 0. The Bertz CT molecular complexity index is 1110. The quantitative estimate of drug-likeness (QED) is 0.528. The first-order chi connectivity index (χ1) is 13.3. The highest BCUT2D eigenvalue weighted by molar-refractivity contribution is 9.10. The molecule has 0 saturated heterocycles. The van der Waals surface area contributed by atoms with Crippen molar-refractivity contribution in [2.75, 3.05) is 5.32 Å². The molecule has 28 heavy (non-hydrogen) atoms. The van der Waals surface area contributed by atoms with Crippen LogP contribution in [0.2, 0.25) is 0 Å². The normalized spacial score (nSPS) is 15.8. The van der Waals surface area contributed by atoms with Gasteiger partial charge in [0.05, 0.1) is 5.69 Å². The number of carboxylic acids is 1. The van der Waals surface area contributed by atoms with E-state index in [1.807, 2.05) is 0 Å². The predicted molar refractivity (Wildman–Crippen MR) is 106 cm³/mol. The van der Waals surface area contributed by atoms with Crippen LogP contribution in [0.25, 0.3) is 11.1 Å². The molecule has 2 N–H and O–H groups in total. The lowest BCUT2D eigenvalue weighted by atomic mass is 9.88. The van der Waals surface area contributed by atoms with Crippen LogP contribution in [0.5, 0.6) is 0 Å². The lowest BCUT2D eigenvalue weighted by Crippen LogP contribution is -2.23. The zero-order chi connectivity index (χ0) is 20.0. The van der Waals surface area contributed by atoms with Crippen molar-refractivity contribution in [3.63, 3.8) is 0 Å². The van der Waals surface area contributed by atoms with E-state index in [-0.39, 0.29) is 17.2 Å². The molecule has 0 aliphatic carbocycles. The Kier molecular flexibility index (Phi) is 4.76. The van der Waals surface area contributed by atoms with Crippen LogP contribution in [0.4, 0.5) is 14.5 Å². The van der Waals surface area contributed by atoms with Gasteiger partial charge in [-0.25, -0.2) is 13.6 Å². The number of carbonyl (C=O) groups excluding carboxylic acids is 1. The molecule has 1 atom stereocenters. The number of fused-ring (bicyclic) bond motifs is 1. The summed E-state index contributed by atoms with van der Waals surface area (Å²) in [4.78, 5) is 24.8. The molecule has 1 aromatic heterocycles. The first kappa shape index (κ1) is 18.8. The number of rotatable bonds is 3. The van der Waals surface area contributed by atoms with E-state index < -0.39 is 23.5 Å². The molecular weight excluding hydrogens is 452 g/mol. The third-order valence-electron chi connectivity index (χ3n) is 4.57. The van der Waals surface area contributed by atoms with Crippen molar-refractivity contribution in [3.8, 4) is 11.1 Å². The van der Waals surface area contributed by atoms with Crippen LogP contribution in [0.3, 0.4) is 0 Å². The molecule has 2 aromatic carbocycles. The van der Waals surface area contributed by atoms with Crippen LogP contribution in [0.1, 0.15) is 32.5 Å². The van der Waals surface area contributed by atoms with Gasteiger partial charge in [-0.3, -0.25) is 4.79 Å². The topological polar surface area (TPSA) is 66.4 Å². The van der Waals surface area contributed by atoms with Crippen LogP contribution >= 0.6 is 27.3 Å². The fourth-order valence-corrected chi connectivity index (χ4v) is 4.98. The molecule has 142 valence electrons. The number of benzene rings is 2. The Labute approximate surface area is 171 Å². The second-order valence-electron chi connectivity index (χ2n) is 6.33. The zero-order valence-electron chi connectivity index (χ0n) is 14.1. The molecule has 4 nitrogen and oxygen atoms in total. The van der Waals surface area contributed by atoms with Gasteiger partial charge in [0, 0.05) is 27.3 Å². The van der Waals surface area contributed by atoms with Crippen molar-refractivity contribution in [2.45, 2.75) is 12.3 Å². The van der Waals surface area contributed by atoms with Crippen molar-refractivity contribution in [2.24, 2.45) is 0 Å². The molecule has 3 aromatic rings. The lowest BCUT2D eigenvalue weighted by Gasteiger charge is -2.24. The van der Waals surface area contributed by atoms with Gasteiger partial charge in [-0.05, 0) is 41.5 Å². The minimum atomic E-state index is -1.17. The molecule has 1 aliphatic heterocycles. The van der Waals surface area contributed by atoms with E-state index in [1.165, 1.54) is 30.3 Å². The summed E-state index contributed by atoms with van der Waals surface area (Å²) < 4.78 is 28.5. The number of nitrogens with one attached hydrogen (secondary N) is 1. The average molecular weight is 464 g/mol. The van der Waals surface area contributed by atoms with Crippen LogP contribution in [0, 0.1) is 11.6 Å². The Morgan fingerprint density at radius 3 is 2.57 bits per heavy atom. The van der Waals surface area contributed by atoms with Crippen LogP contribution in [0.15, 0.2) is 46.9 Å². The smallest absolute Gasteiger partial charge is 0.346 e. The number of halogens is 3. The molecule has 2 heterocycles. The number of thiophene rings is 1. The molecule has 0 spiro atoms. The highest BCUT2D eigenvalue weighted by Gasteiger charge is 2.35. The van der Waals surface area contributed by atoms with Crippen molar-refractivity contribution in [1.82, 2.24) is 0 Å². The number of carboxylic acid groups (broad SMARTS) is 1. The van der Waals surface area contributed by atoms with Crippen molar-refractivity contribution < 1.29 is 23.5 Å². The summed E-state index contributed by atoms with van der Waals surface area (Å²) in [6.07, 6.45) is 0.00278. The first-order valence-corrected chi connectivity index (χ1v) is 9.87. The third kappa shape index (κ3) is 3.22. The van der Waals surface area contributed by atoms with Gasteiger partial charge in [0.2, 0.25) is 5.91 Å². The fourth-order valence-electron chi connectivity index (χ4n) is 3.36. The van der Waals surface area contributed by atoms with E-state index in [9.17, 15) is 23.5 Å². The second kappa shape index (κ2) is 7.10. The standard InChI is InChI=1S/C20H12BrF2NO3S/c21-10-3-6-14(23)12(7-10)13-8-15(25)24-17-16(9-1-4-11(22)5-2-9)19(20(26)27)28-18(13)17/h1-7,13H,8H2,(H,24,25)(H,26,27)/t13-/m0/s1.